The van der Waals surface area contributed by atoms with Crippen molar-refractivity contribution in [3.63, 3.8) is 0 Å². The van der Waals surface area contributed by atoms with Gasteiger partial charge < -0.3 is 14.8 Å². The molecule has 21 heavy (non-hydrogen) atoms. The van der Waals surface area contributed by atoms with Crippen LogP contribution >= 0.6 is 0 Å². The van der Waals surface area contributed by atoms with E-state index in [0.717, 1.165) is 6.42 Å². The summed E-state index contributed by atoms with van der Waals surface area (Å²) in [7, 11) is -0.583. The second-order valence-electron chi connectivity index (χ2n) is 4.94. The Labute approximate surface area is 126 Å². The van der Waals surface area contributed by atoms with E-state index in [1.54, 1.807) is 22.5 Å². The molecule has 1 aromatic carbocycles. The molecular formula is C14H22N2O4S. The Balaban J connectivity index is 2.41. The second-order valence-corrected chi connectivity index (χ2v) is 6.80. The zero-order chi connectivity index (χ0) is 15.5. The zero-order valence-corrected chi connectivity index (χ0v) is 13.4. The fraction of sp³-hybridized carbons (Fsp3) is 0.571. The molecule has 0 aromatic heterocycles. The molecular weight excluding hydrogens is 292 g/mol. The van der Waals surface area contributed by atoms with Crippen LogP contribution in [0.3, 0.4) is 0 Å². The fourth-order valence-corrected chi connectivity index (χ4v) is 4.16. The van der Waals surface area contributed by atoms with E-state index in [2.05, 4.69) is 5.32 Å². The number of ether oxygens (including phenoxy) is 2. The fourth-order valence-electron chi connectivity index (χ4n) is 2.31. The standard InChI is InChI=1S/C14H22N2O4S/c1-4-7-16(11-9-15-10-11)21(17,18)14-6-5-12(19-2)8-13(14)20-3/h5-6,8,11,15H,4,7,9-10H2,1-3H3. The van der Waals surface area contributed by atoms with Gasteiger partial charge in [0.1, 0.15) is 16.4 Å². The zero-order valence-electron chi connectivity index (χ0n) is 12.6. The molecule has 0 amide bonds. The van der Waals surface area contributed by atoms with E-state index in [1.165, 1.54) is 14.2 Å². The number of rotatable bonds is 7. The van der Waals surface area contributed by atoms with Gasteiger partial charge in [0.2, 0.25) is 10.0 Å². The minimum atomic E-state index is -3.58. The molecule has 0 aliphatic carbocycles. The largest absolute Gasteiger partial charge is 0.497 e. The van der Waals surface area contributed by atoms with E-state index in [0.29, 0.717) is 31.1 Å². The van der Waals surface area contributed by atoms with Gasteiger partial charge in [-0.05, 0) is 18.6 Å². The maximum Gasteiger partial charge on any atom is 0.247 e. The number of benzene rings is 1. The topological polar surface area (TPSA) is 67.9 Å². The minimum Gasteiger partial charge on any atom is -0.497 e. The minimum absolute atomic E-state index is 0.0155. The third kappa shape index (κ3) is 3.14. The van der Waals surface area contributed by atoms with Crippen LogP contribution in [0.25, 0.3) is 0 Å². The van der Waals surface area contributed by atoms with Crippen molar-refractivity contribution in [2.24, 2.45) is 0 Å². The monoisotopic (exact) mass is 314 g/mol. The number of nitrogens with zero attached hydrogens (tertiary/aromatic N) is 1. The first-order chi connectivity index (χ1) is 10.0. The lowest BCUT2D eigenvalue weighted by molar-refractivity contribution is 0.241. The van der Waals surface area contributed by atoms with Crippen LogP contribution in [0.4, 0.5) is 0 Å². The number of hydrogen-bond acceptors (Lipinski definition) is 5. The summed E-state index contributed by atoms with van der Waals surface area (Å²) >= 11 is 0. The van der Waals surface area contributed by atoms with E-state index < -0.39 is 10.0 Å². The van der Waals surface area contributed by atoms with Crippen molar-refractivity contribution in [1.82, 2.24) is 9.62 Å². The van der Waals surface area contributed by atoms with Gasteiger partial charge in [-0.2, -0.15) is 4.31 Å². The molecule has 0 unspecified atom stereocenters. The molecule has 0 saturated carbocycles. The first kappa shape index (κ1) is 16.1. The molecule has 1 aromatic rings. The highest BCUT2D eigenvalue weighted by Gasteiger charge is 2.35. The van der Waals surface area contributed by atoms with E-state index in [1.807, 2.05) is 6.92 Å². The molecule has 6 nitrogen and oxygen atoms in total. The van der Waals surface area contributed by atoms with Crippen molar-refractivity contribution in [1.29, 1.82) is 0 Å². The van der Waals surface area contributed by atoms with Gasteiger partial charge in [-0.15, -0.1) is 0 Å². The van der Waals surface area contributed by atoms with E-state index in [-0.39, 0.29) is 10.9 Å². The summed E-state index contributed by atoms with van der Waals surface area (Å²) in [6, 6.07) is 4.79. The summed E-state index contributed by atoms with van der Waals surface area (Å²) in [5.41, 5.74) is 0. The smallest absolute Gasteiger partial charge is 0.247 e. The summed E-state index contributed by atoms with van der Waals surface area (Å²) < 4.78 is 37.7. The Morgan fingerprint density at radius 3 is 2.48 bits per heavy atom. The van der Waals surface area contributed by atoms with Gasteiger partial charge in [-0.1, -0.05) is 6.92 Å². The quantitative estimate of drug-likeness (QED) is 0.815. The molecule has 2 rings (SSSR count). The maximum absolute atomic E-state index is 12.9. The first-order valence-electron chi connectivity index (χ1n) is 6.99. The van der Waals surface area contributed by atoms with Crippen LogP contribution < -0.4 is 14.8 Å². The van der Waals surface area contributed by atoms with Crippen LogP contribution in [0.5, 0.6) is 11.5 Å². The molecule has 0 atom stereocenters. The molecule has 0 radical (unpaired) electrons. The maximum atomic E-state index is 12.9. The van der Waals surface area contributed by atoms with Gasteiger partial charge in [0.15, 0.2) is 0 Å². The molecule has 7 heteroatoms. The summed E-state index contributed by atoms with van der Waals surface area (Å²) in [6.45, 7) is 3.86. The van der Waals surface area contributed by atoms with Gasteiger partial charge in [-0.3, -0.25) is 0 Å². The van der Waals surface area contributed by atoms with Crippen LogP contribution in [-0.4, -0.2) is 52.6 Å². The Morgan fingerprint density at radius 2 is 2.00 bits per heavy atom. The number of sulfonamides is 1. The summed E-state index contributed by atoms with van der Waals surface area (Å²) in [4.78, 5) is 0.186. The molecule has 1 fully saturated rings. The Bertz CT molecular complexity index is 585. The summed E-state index contributed by atoms with van der Waals surface area (Å²) in [5.74, 6) is 0.876. The van der Waals surface area contributed by atoms with Crippen molar-refractivity contribution in [2.75, 3.05) is 33.9 Å². The van der Waals surface area contributed by atoms with Crippen LogP contribution in [0.2, 0.25) is 0 Å². The SMILES string of the molecule is CCCN(C1CNC1)S(=O)(=O)c1ccc(OC)cc1OC. The molecule has 1 saturated heterocycles. The van der Waals surface area contributed by atoms with Crippen molar-refractivity contribution in [2.45, 2.75) is 24.3 Å². The van der Waals surface area contributed by atoms with E-state index in [4.69, 9.17) is 9.47 Å². The average Bonchev–Trinajstić information content (AvgIpc) is 2.44. The van der Waals surface area contributed by atoms with Crippen molar-refractivity contribution >= 4 is 10.0 Å². The van der Waals surface area contributed by atoms with E-state index >= 15 is 0 Å². The Morgan fingerprint density at radius 1 is 1.29 bits per heavy atom. The highest BCUT2D eigenvalue weighted by atomic mass is 32.2. The second kappa shape index (κ2) is 6.64. The Kier molecular flexibility index (Phi) is 5.08. The lowest BCUT2D eigenvalue weighted by atomic mass is 10.2. The van der Waals surface area contributed by atoms with Gasteiger partial charge in [0, 0.05) is 25.7 Å². The number of methoxy groups -OCH3 is 2. The van der Waals surface area contributed by atoms with Crippen LogP contribution in [0.15, 0.2) is 23.1 Å². The molecule has 0 bridgehead atoms. The number of nitrogens with one attached hydrogen (secondary N) is 1. The van der Waals surface area contributed by atoms with Crippen molar-refractivity contribution in [3.05, 3.63) is 18.2 Å². The van der Waals surface area contributed by atoms with Crippen LogP contribution in [-0.2, 0) is 10.0 Å². The predicted octanol–water partition coefficient (Wildman–Crippen LogP) is 1.08. The third-order valence-corrected chi connectivity index (χ3v) is 5.56. The lowest BCUT2D eigenvalue weighted by Gasteiger charge is -2.37. The lowest BCUT2D eigenvalue weighted by Crippen LogP contribution is -2.58. The van der Waals surface area contributed by atoms with Crippen LogP contribution in [0, 0.1) is 0 Å². The van der Waals surface area contributed by atoms with Gasteiger partial charge in [0.05, 0.1) is 20.3 Å². The Hall–Kier alpha value is -1.31. The van der Waals surface area contributed by atoms with E-state index in [9.17, 15) is 8.42 Å². The van der Waals surface area contributed by atoms with Crippen LogP contribution in [0.1, 0.15) is 13.3 Å². The highest BCUT2D eigenvalue weighted by molar-refractivity contribution is 7.89. The predicted molar refractivity (Wildman–Crippen MR) is 80.4 cm³/mol. The third-order valence-electron chi connectivity index (χ3n) is 3.57. The molecule has 118 valence electrons. The average molecular weight is 314 g/mol. The normalized spacial score (nSPS) is 15.8. The van der Waals surface area contributed by atoms with Crippen molar-refractivity contribution in [3.8, 4) is 11.5 Å². The molecule has 1 aliphatic heterocycles. The number of hydrogen-bond donors (Lipinski definition) is 1. The molecule has 1 N–H and O–H groups in total. The molecule has 0 spiro atoms. The summed E-state index contributed by atoms with van der Waals surface area (Å²) in [6.07, 6.45) is 0.772. The van der Waals surface area contributed by atoms with Gasteiger partial charge in [0.25, 0.3) is 0 Å². The first-order valence-corrected chi connectivity index (χ1v) is 8.43. The highest BCUT2D eigenvalue weighted by Crippen LogP contribution is 2.31. The molecule has 1 aliphatic rings. The summed E-state index contributed by atoms with van der Waals surface area (Å²) in [5, 5.41) is 3.11. The molecule has 1 heterocycles. The van der Waals surface area contributed by atoms with Gasteiger partial charge in [-0.25, -0.2) is 8.42 Å². The van der Waals surface area contributed by atoms with Crippen molar-refractivity contribution < 1.29 is 17.9 Å². The van der Waals surface area contributed by atoms with Gasteiger partial charge >= 0.3 is 0 Å².